The molecule has 26 heavy (non-hydrogen) atoms. The van der Waals surface area contributed by atoms with Gasteiger partial charge in [-0.25, -0.2) is 4.79 Å². The minimum atomic E-state index is -1.12. The van der Waals surface area contributed by atoms with Crippen molar-refractivity contribution in [3.63, 3.8) is 0 Å². The molecule has 2 amide bonds. The normalized spacial score (nSPS) is 13.5. The molecule has 1 aromatic carbocycles. The first-order chi connectivity index (χ1) is 12.1. The smallest absolute Gasteiger partial charge is 0.326 e. The molecule has 0 aliphatic rings. The van der Waals surface area contributed by atoms with Crippen LogP contribution in [0.2, 0.25) is 0 Å². The zero-order valence-electron chi connectivity index (χ0n) is 15.7. The molecule has 0 saturated carbocycles. The van der Waals surface area contributed by atoms with E-state index in [2.05, 4.69) is 10.6 Å². The van der Waals surface area contributed by atoms with Crippen molar-refractivity contribution in [2.45, 2.75) is 58.2 Å². The summed E-state index contributed by atoms with van der Waals surface area (Å²) in [5, 5.41) is 14.5. The maximum atomic E-state index is 12.3. The molecule has 0 aliphatic heterocycles. The minimum Gasteiger partial charge on any atom is -0.480 e. The Morgan fingerprint density at radius 1 is 1.12 bits per heavy atom. The summed E-state index contributed by atoms with van der Waals surface area (Å²) < 4.78 is 5.52. The van der Waals surface area contributed by atoms with Gasteiger partial charge >= 0.3 is 5.97 Å². The third kappa shape index (κ3) is 8.62. The van der Waals surface area contributed by atoms with E-state index in [9.17, 15) is 19.5 Å². The topological polar surface area (TPSA) is 105 Å². The Labute approximate surface area is 154 Å². The molecule has 0 radical (unpaired) electrons. The van der Waals surface area contributed by atoms with Crippen LogP contribution in [0, 0.1) is 0 Å². The molecule has 1 aromatic rings. The van der Waals surface area contributed by atoms with Gasteiger partial charge in [-0.1, -0.05) is 30.3 Å². The largest absolute Gasteiger partial charge is 0.480 e. The summed E-state index contributed by atoms with van der Waals surface area (Å²) >= 11 is 0. The van der Waals surface area contributed by atoms with Gasteiger partial charge in [-0.2, -0.15) is 0 Å². The van der Waals surface area contributed by atoms with Crippen molar-refractivity contribution in [1.82, 2.24) is 10.6 Å². The third-order valence-electron chi connectivity index (χ3n) is 3.54. The Hall–Kier alpha value is -2.41. The molecule has 144 valence electrons. The Morgan fingerprint density at radius 2 is 1.73 bits per heavy atom. The van der Waals surface area contributed by atoms with Crippen LogP contribution in [0.3, 0.4) is 0 Å². The maximum Gasteiger partial charge on any atom is 0.326 e. The molecular weight excluding hydrogens is 336 g/mol. The van der Waals surface area contributed by atoms with E-state index in [0.29, 0.717) is 0 Å². The van der Waals surface area contributed by atoms with Gasteiger partial charge < -0.3 is 20.5 Å². The zero-order valence-corrected chi connectivity index (χ0v) is 15.7. The average molecular weight is 364 g/mol. The Kier molecular flexibility index (Phi) is 8.25. The molecule has 1 rings (SSSR count). The highest BCUT2D eigenvalue weighted by Gasteiger charge is 2.24. The van der Waals surface area contributed by atoms with Gasteiger partial charge in [0.15, 0.2) is 0 Å². The van der Waals surface area contributed by atoms with Crippen molar-refractivity contribution in [2.75, 3.05) is 6.61 Å². The summed E-state index contributed by atoms with van der Waals surface area (Å²) in [6.45, 7) is 7.21. The molecule has 2 atom stereocenters. The summed E-state index contributed by atoms with van der Waals surface area (Å²) in [5.74, 6) is -1.83. The van der Waals surface area contributed by atoms with Gasteiger partial charge in [0.2, 0.25) is 11.8 Å². The van der Waals surface area contributed by atoms with Crippen molar-refractivity contribution in [3.05, 3.63) is 35.9 Å². The Balaban J connectivity index is 2.68. The highest BCUT2D eigenvalue weighted by Crippen LogP contribution is 2.17. The van der Waals surface area contributed by atoms with Crippen LogP contribution in [-0.4, -0.2) is 41.1 Å². The maximum absolute atomic E-state index is 12.3. The van der Waals surface area contributed by atoms with Gasteiger partial charge in [0.1, 0.15) is 6.04 Å². The zero-order chi connectivity index (χ0) is 19.7. The Morgan fingerprint density at radius 3 is 2.23 bits per heavy atom. The number of hydrogen-bond acceptors (Lipinski definition) is 4. The van der Waals surface area contributed by atoms with Crippen molar-refractivity contribution >= 4 is 17.8 Å². The fraction of sp³-hybridized carbons (Fsp3) is 0.526. The summed E-state index contributed by atoms with van der Waals surface area (Å²) in [7, 11) is 0. The molecule has 2 unspecified atom stereocenters. The SMILES string of the molecule is CC(=O)NC(CC(=O)NC(CCOC(C)(C)C)C(=O)O)c1ccccc1. The molecule has 0 spiro atoms. The predicted molar refractivity (Wildman–Crippen MR) is 97.5 cm³/mol. The van der Waals surface area contributed by atoms with Crippen LogP contribution in [0.5, 0.6) is 0 Å². The summed E-state index contributed by atoms with van der Waals surface area (Å²) in [4.78, 5) is 35.1. The molecule has 0 bridgehead atoms. The van der Waals surface area contributed by atoms with Gasteiger partial charge in [0.05, 0.1) is 18.1 Å². The molecule has 3 N–H and O–H groups in total. The van der Waals surface area contributed by atoms with E-state index in [0.717, 1.165) is 5.56 Å². The second-order valence-electron chi connectivity index (χ2n) is 7.08. The number of amides is 2. The molecular formula is C19H28N2O5. The van der Waals surface area contributed by atoms with E-state index in [-0.39, 0.29) is 31.0 Å². The molecule has 0 heterocycles. The summed E-state index contributed by atoms with van der Waals surface area (Å²) in [6, 6.07) is 7.51. The van der Waals surface area contributed by atoms with Crippen LogP contribution in [0.15, 0.2) is 30.3 Å². The van der Waals surface area contributed by atoms with E-state index in [1.165, 1.54) is 6.92 Å². The number of carboxylic acid groups (broad SMARTS) is 1. The van der Waals surface area contributed by atoms with E-state index in [1.807, 2.05) is 39.0 Å². The lowest BCUT2D eigenvalue weighted by molar-refractivity contribution is -0.143. The molecule has 7 heteroatoms. The second kappa shape index (κ2) is 9.91. The van der Waals surface area contributed by atoms with Gasteiger partial charge in [0, 0.05) is 20.0 Å². The molecule has 0 aromatic heterocycles. The van der Waals surface area contributed by atoms with Crippen LogP contribution in [-0.2, 0) is 19.1 Å². The van der Waals surface area contributed by atoms with Crippen LogP contribution in [0.1, 0.15) is 52.1 Å². The van der Waals surface area contributed by atoms with E-state index < -0.39 is 24.0 Å². The number of carbonyl (C=O) groups is 3. The molecule has 7 nitrogen and oxygen atoms in total. The monoisotopic (exact) mass is 364 g/mol. The summed E-state index contributed by atoms with van der Waals surface area (Å²) in [5.41, 5.74) is 0.400. The van der Waals surface area contributed by atoms with E-state index in [4.69, 9.17) is 4.74 Å². The number of nitrogens with one attached hydrogen (secondary N) is 2. The highest BCUT2D eigenvalue weighted by atomic mass is 16.5. The van der Waals surface area contributed by atoms with Crippen molar-refractivity contribution in [1.29, 1.82) is 0 Å². The van der Waals surface area contributed by atoms with Crippen molar-refractivity contribution in [2.24, 2.45) is 0 Å². The van der Waals surface area contributed by atoms with E-state index >= 15 is 0 Å². The van der Waals surface area contributed by atoms with Crippen molar-refractivity contribution in [3.8, 4) is 0 Å². The third-order valence-corrected chi connectivity index (χ3v) is 3.54. The number of carbonyl (C=O) groups excluding carboxylic acids is 2. The molecule has 0 saturated heterocycles. The average Bonchev–Trinajstić information content (AvgIpc) is 2.52. The predicted octanol–water partition coefficient (Wildman–Crippen LogP) is 2.03. The number of rotatable bonds is 9. The van der Waals surface area contributed by atoms with Gasteiger partial charge in [-0.05, 0) is 26.3 Å². The summed E-state index contributed by atoms with van der Waals surface area (Å²) in [6.07, 6.45) is 0.113. The van der Waals surface area contributed by atoms with Gasteiger partial charge in [0.25, 0.3) is 0 Å². The van der Waals surface area contributed by atoms with Gasteiger partial charge in [-0.3, -0.25) is 9.59 Å². The standard InChI is InChI=1S/C19H28N2O5/c1-13(22)20-16(14-8-6-5-7-9-14)12-17(23)21-15(18(24)25)10-11-26-19(2,3)4/h5-9,15-16H,10-12H2,1-4H3,(H,20,22)(H,21,23)(H,24,25). The lowest BCUT2D eigenvalue weighted by atomic mass is 10.0. The van der Waals surface area contributed by atoms with Crippen LogP contribution >= 0.6 is 0 Å². The van der Waals surface area contributed by atoms with Crippen LogP contribution in [0.4, 0.5) is 0 Å². The number of hydrogen-bond donors (Lipinski definition) is 3. The quantitative estimate of drug-likeness (QED) is 0.622. The fourth-order valence-electron chi connectivity index (χ4n) is 2.36. The first-order valence-electron chi connectivity index (χ1n) is 8.56. The first-order valence-corrected chi connectivity index (χ1v) is 8.56. The highest BCUT2D eigenvalue weighted by molar-refractivity contribution is 5.84. The number of carboxylic acids is 1. The fourth-order valence-corrected chi connectivity index (χ4v) is 2.36. The number of benzene rings is 1. The lowest BCUT2D eigenvalue weighted by Gasteiger charge is -2.22. The second-order valence-corrected chi connectivity index (χ2v) is 7.08. The molecule has 0 aliphatic carbocycles. The van der Waals surface area contributed by atoms with Crippen molar-refractivity contribution < 1.29 is 24.2 Å². The van der Waals surface area contributed by atoms with Crippen LogP contribution in [0.25, 0.3) is 0 Å². The van der Waals surface area contributed by atoms with Crippen LogP contribution < -0.4 is 10.6 Å². The first kappa shape index (κ1) is 21.6. The van der Waals surface area contributed by atoms with Gasteiger partial charge in [-0.15, -0.1) is 0 Å². The minimum absolute atomic E-state index is 0.0481. The molecule has 0 fully saturated rings. The Bertz CT molecular complexity index is 610. The number of aliphatic carboxylic acids is 1. The number of ether oxygens (including phenoxy) is 1. The lowest BCUT2D eigenvalue weighted by Crippen LogP contribution is -2.43. The van der Waals surface area contributed by atoms with E-state index in [1.54, 1.807) is 12.1 Å².